The largest absolute Gasteiger partial charge is 0.497 e. The number of aryl methyl sites for hydroxylation is 1. The molecular weight excluding hydrogens is 376 g/mol. The Morgan fingerprint density at radius 2 is 1.93 bits per heavy atom. The van der Waals surface area contributed by atoms with Crippen molar-refractivity contribution in [1.82, 2.24) is 19.4 Å². The van der Waals surface area contributed by atoms with Crippen LogP contribution in [-0.4, -0.2) is 45.5 Å². The second kappa shape index (κ2) is 7.27. The van der Waals surface area contributed by atoms with Gasteiger partial charge in [-0.1, -0.05) is 18.2 Å². The van der Waals surface area contributed by atoms with Crippen molar-refractivity contribution in [2.45, 2.75) is 37.6 Å². The Morgan fingerprint density at radius 3 is 2.57 bits per heavy atom. The molecule has 154 valence electrons. The third-order valence-corrected chi connectivity index (χ3v) is 6.49. The molecule has 0 radical (unpaired) electrons. The van der Waals surface area contributed by atoms with Gasteiger partial charge in [0.2, 0.25) is 5.91 Å². The van der Waals surface area contributed by atoms with E-state index in [-0.39, 0.29) is 17.2 Å². The van der Waals surface area contributed by atoms with Crippen molar-refractivity contribution in [3.05, 3.63) is 77.6 Å². The van der Waals surface area contributed by atoms with Crippen molar-refractivity contribution in [2.75, 3.05) is 20.2 Å². The summed E-state index contributed by atoms with van der Waals surface area (Å²) in [6, 6.07) is 12.0. The van der Waals surface area contributed by atoms with Crippen molar-refractivity contribution < 1.29 is 9.53 Å². The van der Waals surface area contributed by atoms with E-state index in [1.807, 2.05) is 47.6 Å². The molecule has 0 bridgehead atoms. The number of likely N-dealkylation sites (tertiary alicyclic amines) is 1. The minimum absolute atomic E-state index is 0.256. The second-order valence-corrected chi connectivity index (χ2v) is 8.42. The smallest absolute Gasteiger partial charge is 0.233 e. The zero-order chi connectivity index (χ0) is 20.7. The van der Waals surface area contributed by atoms with Crippen molar-refractivity contribution in [3.63, 3.8) is 0 Å². The number of pyridine rings is 1. The minimum Gasteiger partial charge on any atom is -0.497 e. The van der Waals surface area contributed by atoms with E-state index in [4.69, 9.17) is 4.74 Å². The van der Waals surface area contributed by atoms with Gasteiger partial charge in [0.15, 0.2) is 0 Å². The molecule has 1 saturated carbocycles. The Balaban J connectivity index is 1.28. The van der Waals surface area contributed by atoms with Crippen molar-refractivity contribution >= 4 is 5.91 Å². The van der Waals surface area contributed by atoms with E-state index in [1.165, 1.54) is 0 Å². The van der Waals surface area contributed by atoms with Gasteiger partial charge in [0.25, 0.3) is 0 Å². The summed E-state index contributed by atoms with van der Waals surface area (Å²) in [5.41, 5.74) is 3.06. The van der Waals surface area contributed by atoms with Gasteiger partial charge in [0.1, 0.15) is 11.6 Å². The first-order chi connectivity index (χ1) is 14.6. The molecular formula is C24H26N4O2. The highest BCUT2D eigenvalue weighted by atomic mass is 16.5. The van der Waals surface area contributed by atoms with Crippen LogP contribution < -0.4 is 4.74 Å². The Bertz CT molecular complexity index is 1050. The summed E-state index contributed by atoms with van der Waals surface area (Å²) in [4.78, 5) is 24.2. The quantitative estimate of drug-likeness (QED) is 0.635. The van der Waals surface area contributed by atoms with E-state index >= 15 is 0 Å². The summed E-state index contributed by atoms with van der Waals surface area (Å²) >= 11 is 0. The number of hydrogen-bond donors (Lipinski definition) is 0. The summed E-state index contributed by atoms with van der Waals surface area (Å²) in [6.45, 7) is 4.31. The zero-order valence-corrected chi connectivity index (χ0v) is 17.4. The second-order valence-electron chi connectivity index (χ2n) is 8.42. The minimum atomic E-state index is -0.335. The first-order valence-corrected chi connectivity index (χ1v) is 10.5. The molecule has 6 heteroatoms. The first-order valence-electron chi connectivity index (χ1n) is 10.5. The fourth-order valence-electron chi connectivity index (χ4n) is 4.46. The van der Waals surface area contributed by atoms with Gasteiger partial charge in [-0.2, -0.15) is 0 Å². The lowest BCUT2D eigenvalue weighted by atomic mass is 9.90. The molecule has 1 saturated heterocycles. The Kier molecular flexibility index (Phi) is 4.57. The molecule has 1 aliphatic carbocycles. The van der Waals surface area contributed by atoms with Gasteiger partial charge in [-0.3, -0.25) is 9.78 Å². The fraction of sp³-hybridized carbons (Fsp3) is 0.375. The lowest BCUT2D eigenvalue weighted by Crippen LogP contribution is -2.52. The summed E-state index contributed by atoms with van der Waals surface area (Å²) in [5.74, 6) is 2.42. The predicted molar refractivity (Wildman–Crippen MR) is 114 cm³/mol. The maximum absolute atomic E-state index is 13.3. The summed E-state index contributed by atoms with van der Waals surface area (Å²) in [6.07, 6.45) is 7.46. The van der Waals surface area contributed by atoms with Crippen LogP contribution in [0.2, 0.25) is 0 Å². The lowest BCUT2D eigenvalue weighted by molar-refractivity contribution is -0.138. The average molecular weight is 402 g/mol. The molecule has 1 aliphatic heterocycles. The van der Waals surface area contributed by atoms with Crippen LogP contribution in [-0.2, 0) is 16.8 Å². The molecule has 0 atom stereocenters. The van der Waals surface area contributed by atoms with Crippen LogP contribution >= 0.6 is 0 Å². The number of carbonyl (C=O) groups is 1. The first kappa shape index (κ1) is 18.9. The van der Waals surface area contributed by atoms with E-state index < -0.39 is 0 Å². The number of rotatable bonds is 6. The van der Waals surface area contributed by atoms with E-state index in [9.17, 15) is 4.79 Å². The Labute approximate surface area is 176 Å². The van der Waals surface area contributed by atoms with Gasteiger partial charge in [0.05, 0.1) is 25.0 Å². The molecule has 0 unspecified atom stereocenters. The zero-order valence-electron chi connectivity index (χ0n) is 17.4. The van der Waals surface area contributed by atoms with Crippen LogP contribution in [0.3, 0.4) is 0 Å². The van der Waals surface area contributed by atoms with Crippen LogP contribution in [0.1, 0.15) is 41.4 Å². The molecule has 3 heterocycles. The molecule has 1 aromatic carbocycles. The Hall–Kier alpha value is -3.15. The predicted octanol–water partition coefficient (Wildman–Crippen LogP) is 3.30. The molecule has 30 heavy (non-hydrogen) atoms. The van der Waals surface area contributed by atoms with Crippen LogP contribution in [0.25, 0.3) is 0 Å². The van der Waals surface area contributed by atoms with Crippen LogP contribution in [0.4, 0.5) is 0 Å². The van der Waals surface area contributed by atoms with Gasteiger partial charge in [-0.05, 0) is 49.1 Å². The third-order valence-electron chi connectivity index (χ3n) is 6.49. The van der Waals surface area contributed by atoms with Crippen molar-refractivity contribution in [2.24, 2.45) is 0 Å². The summed E-state index contributed by atoms with van der Waals surface area (Å²) in [7, 11) is 1.66. The fourth-order valence-corrected chi connectivity index (χ4v) is 4.46. The maximum atomic E-state index is 13.3. The van der Waals surface area contributed by atoms with Crippen molar-refractivity contribution in [3.8, 4) is 5.75 Å². The van der Waals surface area contributed by atoms with Gasteiger partial charge in [0, 0.05) is 37.4 Å². The number of imidazole rings is 1. The highest BCUT2D eigenvalue weighted by Crippen LogP contribution is 2.51. The van der Waals surface area contributed by atoms with Crippen LogP contribution in [0, 0.1) is 6.92 Å². The molecule has 2 aromatic heterocycles. The molecule has 3 aromatic rings. The van der Waals surface area contributed by atoms with E-state index in [0.29, 0.717) is 0 Å². The number of aromatic nitrogens is 3. The van der Waals surface area contributed by atoms with E-state index in [0.717, 1.165) is 60.9 Å². The van der Waals surface area contributed by atoms with Gasteiger partial charge in [-0.15, -0.1) is 0 Å². The number of amides is 1. The van der Waals surface area contributed by atoms with Gasteiger partial charge >= 0.3 is 0 Å². The highest BCUT2D eigenvalue weighted by molar-refractivity contribution is 5.92. The third kappa shape index (κ3) is 3.16. The molecule has 0 spiro atoms. The van der Waals surface area contributed by atoms with Gasteiger partial charge < -0.3 is 14.2 Å². The average Bonchev–Trinajstić information content (AvgIpc) is 3.49. The molecule has 0 N–H and O–H groups in total. The lowest BCUT2D eigenvalue weighted by Gasteiger charge is -2.41. The number of methoxy groups -OCH3 is 1. The van der Waals surface area contributed by atoms with Crippen LogP contribution in [0.5, 0.6) is 5.75 Å². The summed E-state index contributed by atoms with van der Waals surface area (Å²) in [5, 5.41) is 0. The molecule has 5 rings (SSSR count). The molecule has 6 nitrogen and oxygen atoms in total. The molecule has 2 aliphatic rings. The van der Waals surface area contributed by atoms with E-state index in [1.54, 1.807) is 13.3 Å². The number of benzene rings is 1. The van der Waals surface area contributed by atoms with Gasteiger partial charge in [-0.25, -0.2) is 4.98 Å². The number of nitrogens with zero attached hydrogens (tertiary/aromatic N) is 4. The monoisotopic (exact) mass is 402 g/mol. The molecule has 1 amide bonds. The van der Waals surface area contributed by atoms with Crippen molar-refractivity contribution in [1.29, 1.82) is 0 Å². The number of hydrogen-bond acceptors (Lipinski definition) is 4. The van der Waals surface area contributed by atoms with Crippen LogP contribution in [0.15, 0.2) is 55.0 Å². The Morgan fingerprint density at radius 1 is 1.17 bits per heavy atom. The SMILES string of the molecule is COc1ccc(C2(C(=O)N3CC(c4ncc(C)n4Cc4cccnc4)C3)CC2)cc1. The molecule has 2 fully saturated rings. The topological polar surface area (TPSA) is 60.2 Å². The number of carbonyl (C=O) groups excluding carboxylic acids is 1. The highest BCUT2D eigenvalue weighted by Gasteiger charge is 2.55. The maximum Gasteiger partial charge on any atom is 0.233 e. The number of ether oxygens (including phenoxy) is 1. The standard InChI is InChI=1S/C24H26N4O2/c1-17-12-26-22(28(17)14-18-4-3-11-25-13-18)19-15-27(16-19)23(29)24(9-10-24)20-5-7-21(30-2)8-6-20/h3-8,11-13,19H,9-10,14-16H2,1-2H3. The van der Waals surface area contributed by atoms with E-state index in [2.05, 4.69) is 27.5 Å². The normalized spacial score (nSPS) is 17.5. The summed E-state index contributed by atoms with van der Waals surface area (Å²) < 4.78 is 7.50.